The van der Waals surface area contributed by atoms with Crippen LogP contribution in [-0.4, -0.2) is 15.9 Å². The molecule has 0 bridgehead atoms. The van der Waals surface area contributed by atoms with Gasteiger partial charge in [0.1, 0.15) is 5.82 Å². The Labute approximate surface area is 130 Å². The monoisotopic (exact) mass is 315 g/mol. The number of hydrogen-bond acceptors (Lipinski definition) is 3. The van der Waals surface area contributed by atoms with E-state index in [4.69, 9.17) is 22.7 Å². The van der Waals surface area contributed by atoms with E-state index in [1.54, 1.807) is 36.4 Å². The summed E-state index contributed by atoms with van der Waals surface area (Å²) < 4.78 is 14.1. The summed E-state index contributed by atoms with van der Waals surface area (Å²) in [6.07, 6.45) is 0. The molecule has 7 heteroatoms. The number of hydrogen-bond donors (Lipinski definition) is 3. The minimum atomic E-state index is -0.397. The van der Waals surface area contributed by atoms with Crippen molar-refractivity contribution < 1.29 is 4.39 Å². The summed E-state index contributed by atoms with van der Waals surface area (Å²) >= 11 is 5.98. The standard InChI is InChI=1S/C15H11ClFN5/c16-8-5-6-10-12(7-8)20-15(22-14(18)19)21-13(10)9-3-1-2-4-11(9)17/h1-7H,(H4,18,19,20,21,22). The number of rotatable bonds is 2. The maximum atomic E-state index is 14.1. The molecule has 1 heterocycles. The van der Waals surface area contributed by atoms with Crippen LogP contribution in [-0.2, 0) is 0 Å². The second kappa shape index (κ2) is 5.57. The number of guanidine groups is 1. The summed E-state index contributed by atoms with van der Waals surface area (Å²) in [5.74, 6) is -0.590. The lowest BCUT2D eigenvalue weighted by molar-refractivity contribution is 0.631. The van der Waals surface area contributed by atoms with Gasteiger partial charge in [0.25, 0.3) is 0 Å². The number of nitrogens with two attached hydrogens (primary N) is 1. The van der Waals surface area contributed by atoms with E-state index >= 15 is 0 Å². The third-order valence-electron chi connectivity index (χ3n) is 3.03. The molecular weight excluding hydrogens is 305 g/mol. The molecule has 0 atom stereocenters. The minimum absolute atomic E-state index is 0.112. The first-order valence-electron chi connectivity index (χ1n) is 6.38. The van der Waals surface area contributed by atoms with E-state index in [0.717, 1.165) is 0 Å². The normalized spacial score (nSPS) is 10.6. The molecule has 0 unspecified atom stereocenters. The van der Waals surface area contributed by atoms with Crippen LogP contribution in [0.25, 0.3) is 22.2 Å². The maximum absolute atomic E-state index is 14.1. The Morgan fingerprint density at radius 3 is 2.68 bits per heavy atom. The smallest absolute Gasteiger partial charge is 0.230 e. The van der Waals surface area contributed by atoms with Crippen LogP contribution in [0.1, 0.15) is 0 Å². The van der Waals surface area contributed by atoms with Crippen LogP contribution in [0.15, 0.2) is 42.5 Å². The molecule has 2 aromatic carbocycles. The number of nitrogens with zero attached hydrogens (tertiary/aromatic N) is 2. The van der Waals surface area contributed by atoms with Gasteiger partial charge in [-0.05, 0) is 30.3 Å². The molecular formula is C15H11ClFN5. The molecule has 0 aliphatic rings. The third-order valence-corrected chi connectivity index (χ3v) is 3.27. The highest BCUT2D eigenvalue weighted by Gasteiger charge is 2.13. The second-order valence-electron chi connectivity index (χ2n) is 4.58. The first-order valence-corrected chi connectivity index (χ1v) is 6.75. The van der Waals surface area contributed by atoms with Crippen molar-refractivity contribution in [3.8, 4) is 11.3 Å². The van der Waals surface area contributed by atoms with Crippen molar-refractivity contribution >= 4 is 34.4 Å². The van der Waals surface area contributed by atoms with E-state index in [9.17, 15) is 4.39 Å². The Bertz CT molecular complexity index is 881. The second-order valence-corrected chi connectivity index (χ2v) is 5.01. The Balaban J connectivity index is 2.31. The fraction of sp³-hybridized carbons (Fsp3) is 0. The van der Waals surface area contributed by atoms with Crippen molar-refractivity contribution in [1.29, 1.82) is 5.41 Å². The first kappa shape index (κ1) is 14.2. The third kappa shape index (κ3) is 2.68. The highest BCUT2D eigenvalue weighted by Crippen LogP contribution is 2.30. The lowest BCUT2D eigenvalue weighted by Crippen LogP contribution is -2.22. The van der Waals surface area contributed by atoms with Crippen molar-refractivity contribution in [1.82, 2.24) is 9.97 Å². The summed E-state index contributed by atoms with van der Waals surface area (Å²) in [5.41, 5.74) is 6.58. The van der Waals surface area contributed by atoms with Gasteiger partial charge in [0.15, 0.2) is 5.96 Å². The molecule has 0 aliphatic carbocycles. The van der Waals surface area contributed by atoms with Gasteiger partial charge < -0.3 is 5.73 Å². The quantitative estimate of drug-likeness (QED) is 0.499. The van der Waals surface area contributed by atoms with Gasteiger partial charge in [-0.2, -0.15) is 0 Å². The summed E-state index contributed by atoms with van der Waals surface area (Å²) in [6.45, 7) is 0. The number of halogens is 2. The van der Waals surface area contributed by atoms with E-state index in [0.29, 0.717) is 27.2 Å². The molecule has 0 spiro atoms. The largest absolute Gasteiger partial charge is 0.370 e. The van der Waals surface area contributed by atoms with Gasteiger partial charge in [-0.25, -0.2) is 14.4 Å². The van der Waals surface area contributed by atoms with Gasteiger partial charge in [0, 0.05) is 16.0 Å². The predicted molar refractivity (Wildman–Crippen MR) is 85.5 cm³/mol. The number of anilines is 1. The van der Waals surface area contributed by atoms with Gasteiger partial charge >= 0.3 is 0 Å². The van der Waals surface area contributed by atoms with Crippen molar-refractivity contribution in [2.24, 2.45) is 5.73 Å². The van der Waals surface area contributed by atoms with Gasteiger partial charge in [-0.3, -0.25) is 10.7 Å². The maximum Gasteiger partial charge on any atom is 0.230 e. The topological polar surface area (TPSA) is 87.7 Å². The van der Waals surface area contributed by atoms with Crippen molar-refractivity contribution in [3.63, 3.8) is 0 Å². The number of aromatic nitrogens is 2. The van der Waals surface area contributed by atoms with Crippen LogP contribution in [0, 0.1) is 11.2 Å². The van der Waals surface area contributed by atoms with Crippen molar-refractivity contribution in [3.05, 3.63) is 53.3 Å². The summed E-state index contributed by atoms with van der Waals surface area (Å²) in [6, 6.07) is 11.4. The number of benzene rings is 2. The van der Waals surface area contributed by atoms with Gasteiger partial charge in [-0.15, -0.1) is 0 Å². The number of nitrogens with one attached hydrogen (secondary N) is 2. The lowest BCUT2D eigenvalue weighted by atomic mass is 10.1. The summed E-state index contributed by atoms with van der Waals surface area (Å²) in [4.78, 5) is 8.52. The average Bonchev–Trinajstić information content (AvgIpc) is 2.46. The number of fused-ring (bicyclic) bond motifs is 1. The molecule has 3 aromatic rings. The molecule has 0 fully saturated rings. The summed E-state index contributed by atoms with van der Waals surface area (Å²) in [5, 5.41) is 11.0. The fourth-order valence-electron chi connectivity index (χ4n) is 2.14. The molecule has 1 aromatic heterocycles. The molecule has 22 heavy (non-hydrogen) atoms. The van der Waals surface area contributed by atoms with Crippen LogP contribution in [0.2, 0.25) is 5.02 Å². The highest BCUT2D eigenvalue weighted by atomic mass is 35.5. The minimum Gasteiger partial charge on any atom is -0.370 e. The molecule has 0 saturated carbocycles. The Morgan fingerprint density at radius 1 is 1.18 bits per heavy atom. The van der Waals surface area contributed by atoms with Crippen LogP contribution in [0.4, 0.5) is 10.3 Å². The highest BCUT2D eigenvalue weighted by molar-refractivity contribution is 6.31. The zero-order chi connectivity index (χ0) is 15.7. The van der Waals surface area contributed by atoms with Crippen molar-refractivity contribution in [2.45, 2.75) is 0 Å². The van der Waals surface area contributed by atoms with Gasteiger partial charge in [0.2, 0.25) is 5.95 Å². The van der Waals surface area contributed by atoms with E-state index in [1.165, 1.54) is 6.07 Å². The van der Waals surface area contributed by atoms with E-state index in [-0.39, 0.29) is 11.9 Å². The van der Waals surface area contributed by atoms with Crippen molar-refractivity contribution in [2.75, 3.05) is 5.32 Å². The van der Waals surface area contributed by atoms with E-state index in [1.807, 2.05) is 0 Å². The van der Waals surface area contributed by atoms with Gasteiger partial charge in [-0.1, -0.05) is 23.7 Å². The molecule has 0 amide bonds. The molecule has 0 aliphatic heterocycles. The lowest BCUT2D eigenvalue weighted by Gasteiger charge is -2.10. The Kier molecular flexibility index (Phi) is 3.60. The average molecular weight is 316 g/mol. The van der Waals surface area contributed by atoms with Gasteiger partial charge in [0.05, 0.1) is 11.2 Å². The molecule has 0 radical (unpaired) electrons. The molecule has 5 nitrogen and oxygen atoms in total. The van der Waals surface area contributed by atoms with Crippen LogP contribution in [0.3, 0.4) is 0 Å². The Morgan fingerprint density at radius 2 is 1.95 bits per heavy atom. The van der Waals surface area contributed by atoms with Crippen LogP contribution < -0.4 is 11.1 Å². The molecule has 3 rings (SSSR count). The SMILES string of the molecule is N=C(N)Nc1nc(-c2ccccc2F)c2ccc(Cl)cc2n1. The Hall–Kier alpha value is -2.73. The summed E-state index contributed by atoms with van der Waals surface area (Å²) in [7, 11) is 0. The molecule has 110 valence electrons. The fourth-order valence-corrected chi connectivity index (χ4v) is 2.30. The predicted octanol–water partition coefficient (Wildman–Crippen LogP) is 3.39. The first-order chi connectivity index (χ1) is 10.5. The van der Waals surface area contributed by atoms with E-state index < -0.39 is 5.82 Å². The van der Waals surface area contributed by atoms with Crippen LogP contribution >= 0.6 is 11.6 Å². The zero-order valence-electron chi connectivity index (χ0n) is 11.3. The zero-order valence-corrected chi connectivity index (χ0v) is 12.0. The molecule has 4 N–H and O–H groups in total. The molecule has 0 saturated heterocycles. The van der Waals surface area contributed by atoms with E-state index in [2.05, 4.69) is 15.3 Å². The van der Waals surface area contributed by atoms with Crippen LogP contribution in [0.5, 0.6) is 0 Å².